The summed E-state index contributed by atoms with van der Waals surface area (Å²) >= 11 is 0. The molecule has 7 nitrogen and oxygen atoms in total. The van der Waals surface area contributed by atoms with Gasteiger partial charge < -0.3 is 15.0 Å². The molecular weight excluding hydrogens is 367 g/mol. The van der Waals surface area contributed by atoms with Gasteiger partial charge in [-0.15, -0.1) is 0 Å². The van der Waals surface area contributed by atoms with Crippen LogP contribution in [-0.2, 0) is 14.3 Å². The molecular formula is C17H16F3N3O4. The fourth-order valence-corrected chi connectivity index (χ4v) is 2.86. The van der Waals surface area contributed by atoms with Crippen LogP contribution in [0.2, 0.25) is 0 Å². The van der Waals surface area contributed by atoms with Crippen LogP contribution in [0.4, 0.5) is 29.3 Å². The molecule has 1 N–H and O–H groups in total. The van der Waals surface area contributed by atoms with E-state index in [0.29, 0.717) is 6.07 Å². The van der Waals surface area contributed by atoms with Crippen molar-refractivity contribution < 1.29 is 32.3 Å². The van der Waals surface area contributed by atoms with E-state index < -0.39 is 41.0 Å². The smallest absolute Gasteiger partial charge is 0.414 e. The van der Waals surface area contributed by atoms with Gasteiger partial charge in [0.25, 0.3) is 0 Å². The number of cyclic esters (lactones) is 1. The molecule has 0 aromatic heterocycles. The summed E-state index contributed by atoms with van der Waals surface area (Å²) in [5.74, 6) is -4.50. The Kier molecular flexibility index (Phi) is 5.06. The van der Waals surface area contributed by atoms with Gasteiger partial charge in [-0.3, -0.25) is 14.5 Å². The number of rotatable bonds is 4. The summed E-state index contributed by atoms with van der Waals surface area (Å²) in [4.78, 5) is 36.0. The maximum Gasteiger partial charge on any atom is 0.414 e. The van der Waals surface area contributed by atoms with Gasteiger partial charge in [-0.05, 0) is 6.08 Å². The highest BCUT2D eigenvalue weighted by Crippen LogP contribution is 2.35. The van der Waals surface area contributed by atoms with Gasteiger partial charge in [0.1, 0.15) is 11.8 Å². The van der Waals surface area contributed by atoms with Crippen molar-refractivity contribution in [1.29, 1.82) is 0 Å². The number of halogens is 3. The summed E-state index contributed by atoms with van der Waals surface area (Å²) < 4.78 is 48.6. The summed E-state index contributed by atoms with van der Waals surface area (Å²) in [7, 11) is 0. The third-order valence-corrected chi connectivity index (χ3v) is 4.19. The SMILES string of the molecule is CC(=O)NCC1CN(c2cc(F)c(N3C=CC(=O)CC3)c(F)c2F)C(=O)O1. The summed E-state index contributed by atoms with van der Waals surface area (Å²) in [6.45, 7) is 1.11. The Morgan fingerprint density at radius 1 is 1.30 bits per heavy atom. The predicted molar refractivity (Wildman–Crippen MR) is 88.7 cm³/mol. The molecule has 2 heterocycles. The number of hydrogen-bond acceptors (Lipinski definition) is 5. The number of nitrogens with zero attached hydrogens (tertiary/aromatic N) is 2. The van der Waals surface area contributed by atoms with E-state index in [2.05, 4.69) is 5.32 Å². The fraction of sp³-hybridized carbons (Fsp3) is 0.353. The molecule has 1 saturated heterocycles. The first-order valence-corrected chi connectivity index (χ1v) is 8.15. The second kappa shape index (κ2) is 7.29. The van der Waals surface area contributed by atoms with Crippen molar-refractivity contribution in [3.63, 3.8) is 0 Å². The van der Waals surface area contributed by atoms with Crippen molar-refractivity contribution in [1.82, 2.24) is 5.32 Å². The van der Waals surface area contributed by atoms with Crippen molar-refractivity contribution in [2.45, 2.75) is 19.4 Å². The molecule has 0 saturated carbocycles. The van der Waals surface area contributed by atoms with E-state index in [1.807, 2.05) is 0 Å². The van der Waals surface area contributed by atoms with E-state index >= 15 is 0 Å². The van der Waals surface area contributed by atoms with Crippen LogP contribution in [0.1, 0.15) is 13.3 Å². The first-order valence-electron chi connectivity index (χ1n) is 8.15. The van der Waals surface area contributed by atoms with Crippen molar-refractivity contribution >= 4 is 29.2 Å². The molecule has 1 atom stereocenters. The lowest BCUT2D eigenvalue weighted by molar-refractivity contribution is -0.119. The predicted octanol–water partition coefficient (Wildman–Crippen LogP) is 1.86. The number of allylic oxidation sites excluding steroid dienone is 1. The minimum atomic E-state index is -1.47. The monoisotopic (exact) mass is 383 g/mol. The van der Waals surface area contributed by atoms with Crippen molar-refractivity contribution in [3.05, 3.63) is 35.8 Å². The lowest BCUT2D eigenvalue weighted by Crippen LogP contribution is -2.33. The highest BCUT2D eigenvalue weighted by Gasteiger charge is 2.36. The Morgan fingerprint density at radius 3 is 2.67 bits per heavy atom. The van der Waals surface area contributed by atoms with E-state index in [1.165, 1.54) is 13.1 Å². The summed E-state index contributed by atoms with van der Waals surface area (Å²) in [5, 5.41) is 2.45. The molecule has 1 unspecified atom stereocenters. The molecule has 1 aromatic carbocycles. The number of nitrogens with one attached hydrogen (secondary N) is 1. The van der Waals surface area contributed by atoms with Crippen LogP contribution < -0.4 is 15.1 Å². The fourth-order valence-electron chi connectivity index (χ4n) is 2.86. The van der Waals surface area contributed by atoms with Crippen LogP contribution in [0.5, 0.6) is 0 Å². The van der Waals surface area contributed by atoms with E-state index in [1.54, 1.807) is 0 Å². The Bertz CT molecular complexity index is 843. The number of ketones is 1. The van der Waals surface area contributed by atoms with Gasteiger partial charge in [0.05, 0.1) is 18.8 Å². The highest BCUT2D eigenvalue weighted by atomic mass is 19.2. The molecule has 10 heteroatoms. The molecule has 1 fully saturated rings. The minimum Gasteiger partial charge on any atom is -0.442 e. The van der Waals surface area contributed by atoms with Gasteiger partial charge >= 0.3 is 6.09 Å². The van der Waals surface area contributed by atoms with Crippen LogP contribution in [0.25, 0.3) is 0 Å². The van der Waals surface area contributed by atoms with E-state index in [0.717, 1.165) is 15.9 Å². The second-order valence-corrected chi connectivity index (χ2v) is 6.13. The molecule has 0 spiro atoms. The molecule has 0 aliphatic carbocycles. The number of amides is 2. The zero-order valence-corrected chi connectivity index (χ0v) is 14.3. The van der Waals surface area contributed by atoms with Gasteiger partial charge in [-0.1, -0.05) is 0 Å². The number of anilines is 2. The molecule has 3 rings (SSSR count). The number of carbonyl (C=O) groups excluding carboxylic acids is 3. The second-order valence-electron chi connectivity index (χ2n) is 6.13. The van der Waals surface area contributed by atoms with Crippen LogP contribution in [0.15, 0.2) is 18.3 Å². The first kappa shape index (κ1) is 18.7. The molecule has 2 aliphatic heterocycles. The zero-order chi connectivity index (χ0) is 19.7. The van der Waals surface area contributed by atoms with Gasteiger partial charge in [-0.25, -0.2) is 18.0 Å². The number of hydrogen-bond donors (Lipinski definition) is 1. The lowest BCUT2D eigenvalue weighted by Gasteiger charge is -2.25. The van der Waals surface area contributed by atoms with Crippen LogP contribution in [0.3, 0.4) is 0 Å². The Hall–Kier alpha value is -3.04. The number of benzene rings is 1. The van der Waals surface area contributed by atoms with Gasteiger partial charge in [-0.2, -0.15) is 0 Å². The quantitative estimate of drug-likeness (QED) is 0.803. The molecule has 1 aromatic rings. The van der Waals surface area contributed by atoms with Crippen molar-refractivity contribution in [2.75, 3.05) is 29.4 Å². The lowest BCUT2D eigenvalue weighted by atomic mass is 10.1. The largest absolute Gasteiger partial charge is 0.442 e. The Labute approximate surface area is 152 Å². The average Bonchev–Trinajstić information content (AvgIpc) is 2.98. The summed E-state index contributed by atoms with van der Waals surface area (Å²) in [6.07, 6.45) is 0.627. The minimum absolute atomic E-state index is 0.00512. The van der Waals surface area contributed by atoms with Crippen LogP contribution in [0, 0.1) is 17.5 Å². The van der Waals surface area contributed by atoms with Crippen molar-refractivity contribution in [2.24, 2.45) is 0 Å². The molecule has 2 aliphatic rings. The Morgan fingerprint density at radius 2 is 2.04 bits per heavy atom. The van der Waals surface area contributed by atoms with Gasteiger partial charge in [0.2, 0.25) is 5.91 Å². The molecule has 0 bridgehead atoms. The molecule has 0 radical (unpaired) electrons. The van der Waals surface area contributed by atoms with Crippen LogP contribution in [-0.4, -0.2) is 43.5 Å². The zero-order valence-electron chi connectivity index (χ0n) is 14.3. The summed E-state index contributed by atoms with van der Waals surface area (Å²) in [6, 6.07) is 0.708. The summed E-state index contributed by atoms with van der Waals surface area (Å²) in [5.41, 5.74) is -1.23. The van der Waals surface area contributed by atoms with Gasteiger partial charge in [0.15, 0.2) is 23.2 Å². The highest BCUT2D eigenvalue weighted by molar-refractivity contribution is 5.92. The van der Waals surface area contributed by atoms with E-state index in [9.17, 15) is 27.6 Å². The molecule has 27 heavy (non-hydrogen) atoms. The molecule has 2 amide bonds. The molecule has 144 valence electrons. The number of ether oxygens (including phenoxy) is 1. The average molecular weight is 383 g/mol. The maximum atomic E-state index is 14.6. The third-order valence-electron chi connectivity index (χ3n) is 4.19. The standard InChI is InChI=1S/C17H16F3N3O4/c1-9(24)21-7-11-8-23(17(26)27-11)13-6-12(18)16(15(20)14(13)19)22-4-2-10(25)3-5-22/h2,4,6,11H,3,5,7-8H2,1H3,(H,21,24). The topological polar surface area (TPSA) is 79.0 Å². The van der Waals surface area contributed by atoms with Crippen molar-refractivity contribution in [3.8, 4) is 0 Å². The third kappa shape index (κ3) is 3.74. The number of carbonyl (C=O) groups is 3. The normalized spacial score (nSPS) is 19.5. The van der Waals surface area contributed by atoms with Crippen LogP contribution >= 0.6 is 0 Å². The van der Waals surface area contributed by atoms with E-state index in [4.69, 9.17) is 4.74 Å². The Balaban J connectivity index is 1.87. The maximum absolute atomic E-state index is 14.6. The van der Waals surface area contributed by atoms with Gasteiger partial charge in [0, 0.05) is 32.2 Å². The first-order chi connectivity index (χ1) is 12.8. The van der Waals surface area contributed by atoms with E-state index in [-0.39, 0.29) is 37.7 Å².